The van der Waals surface area contributed by atoms with E-state index in [1.807, 2.05) is 0 Å². The average Bonchev–Trinajstić information content (AvgIpc) is 2.71. The summed E-state index contributed by atoms with van der Waals surface area (Å²) in [4.78, 5) is 9.88. The van der Waals surface area contributed by atoms with Crippen LogP contribution >= 0.6 is 0 Å². The highest BCUT2D eigenvalue weighted by Crippen LogP contribution is 2.18. The molecule has 0 aliphatic heterocycles. The molecule has 1 heterocycles. The van der Waals surface area contributed by atoms with Crippen molar-refractivity contribution < 1.29 is 4.39 Å². The van der Waals surface area contributed by atoms with Crippen LogP contribution in [0.25, 0.3) is 11.0 Å². The number of rotatable bonds is 5. The highest BCUT2D eigenvalue weighted by atomic mass is 19.1. The summed E-state index contributed by atoms with van der Waals surface area (Å²) in [6.45, 7) is 6.22. The van der Waals surface area contributed by atoms with Crippen LogP contribution in [0.4, 0.5) is 10.3 Å². The number of benzene rings is 1. The zero-order chi connectivity index (χ0) is 12.3. The Morgan fingerprint density at radius 2 is 1.94 bits per heavy atom. The second-order valence-corrected chi connectivity index (χ2v) is 4.21. The molecule has 0 atom stereocenters. The Bertz CT molecular complexity index is 486. The number of hydrogen-bond donors (Lipinski definition) is 1. The predicted octanol–water partition coefficient (Wildman–Crippen LogP) is 3.33. The average molecular weight is 235 g/mol. The Labute approximate surface area is 101 Å². The van der Waals surface area contributed by atoms with Crippen LogP contribution in [-0.2, 0) is 0 Å². The van der Waals surface area contributed by atoms with E-state index in [4.69, 9.17) is 0 Å². The lowest BCUT2D eigenvalue weighted by molar-refractivity contribution is 0.629. The number of imidazole rings is 1. The van der Waals surface area contributed by atoms with Gasteiger partial charge in [0.25, 0.3) is 0 Å². The van der Waals surface area contributed by atoms with E-state index in [2.05, 4.69) is 28.7 Å². The smallest absolute Gasteiger partial charge is 0.203 e. The van der Waals surface area contributed by atoms with Crippen LogP contribution in [0.2, 0.25) is 0 Å². The minimum absolute atomic E-state index is 0.231. The standard InChI is InChI=1S/C13H18FN3/c1-3-7-17(8-4-2)13-15-11-6-5-10(14)9-12(11)16-13/h5-6,9H,3-4,7-8H2,1-2H3,(H,15,16). The van der Waals surface area contributed by atoms with Crippen LogP contribution in [0, 0.1) is 5.82 Å². The van der Waals surface area contributed by atoms with E-state index in [0.717, 1.165) is 42.9 Å². The van der Waals surface area contributed by atoms with Gasteiger partial charge in [0.15, 0.2) is 0 Å². The zero-order valence-corrected chi connectivity index (χ0v) is 10.3. The second-order valence-electron chi connectivity index (χ2n) is 4.21. The van der Waals surface area contributed by atoms with Crippen molar-refractivity contribution in [1.29, 1.82) is 0 Å². The summed E-state index contributed by atoms with van der Waals surface area (Å²) in [6.07, 6.45) is 2.15. The highest BCUT2D eigenvalue weighted by Gasteiger charge is 2.10. The molecule has 0 radical (unpaired) electrons. The number of fused-ring (bicyclic) bond motifs is 1. The maximum atomic E-state index is 13.1. The minimum Gasteiger partial charge on any atom is -0.342 e. The second kappa shape index (κ2) is 5.17. The summed E-state index contributed by atoms with van der Waals surface area (Å²) in [5.41, 5.74) is 1.58. The SMILES string of the molecule is CCCN(CCC)c1nc2ccc(F)cc2[nH]1. The molecule has 0 fully saturated rings. The third kappa shape index (κ3) is 2.57. The van der Waals surface area contributed by atoms with Crippen LogP contribution in [0.1, 0.15) is 26.7 Å². The molecule has 17 heavy (non-hydrogen) atoms. The van der Waals surface area contributed by atoms with Gasteiger partial charge in [0.05, 0.1) is 11.0 Å². The Morgan fingerprint density at radius 1 is 1.24 bits per heavy atom. The summed E-state index contributed by atoms with van der Waals surface area (Å²) < 4.78 is 13.1. The van der Waals surface area contributed by atoms with E-state index in [-0.39, 0.29) is 5.82 Å². The lowest BCUT2D eigenvalue weighted by Gasteiger charge is -2.19. The number of nitrogens with one attached hydrogen (secondary N) is 1. The zero-order valence-electron chi connectivity index (χ0n) is 10.3. The molecule has 0 saturated heterocycles. The summed E-state index contributed by atoms with van der Waals surface area (Å²) in [7, 11) is 0. The summed E-state index contributed by atoms with van der Waals surface area (Å²) >= 11 is 0. The van der Waals surface area contributed by atoms with E-state index < -0.39 is 0 Å². The summed E-state index contributed by atoms with van der Waals surface area (Å²) in [5.74, 6) is 0.611. The lowest BCUT2D eigenvalue weighted by Crippen LogP contribution is -2.25. The minimum atomic E-state index is -0.231. The first-order chi connectivity index (χ1) is 8.24. The molecule has 0 unspecified atom stereocenters. The normalized spacial score (nSPS) is 11.0. The Balaban J connectivity index is 2.33. The van der Waals surface area contributed by atoms with Gasteiger partial charge in [-0.2, -0.15) is 0 Å². The van der Waals surface area contributed by atoms with Crippen molar-refractivity contribution in [3.8, 4) is 0 Å². The molecular weight excluding hydrogens is 217 g/mol. The fourth-order valence-corrected chi connectivity index (χ4v) is 1.98. The molecule has 4 heteroatoms. The van der Waals surface area contributed by atoms with Crippen LogP contribution < -0.4 is 4.90 Å². The quantitative estimate of drug-likeness (QED) is 0.862. The van der Waals surface area contributed by atoms with Gasteiger partial charge in [-0.1, -0.05) is 13.8 Å². The number of hydrogen-bond acceptors (Lipinski definition) is 2. The molecule has 2 rings (SSSR count). The van der Waals surface area contributed by atoms with Crippen molar-refractivity contribution in [2.75, 3.05) is 18.0 Å². The molecule has 0 saturated carbocycles. The van der Waals surface area contributed by atoms with E-state index in [9.17, 15) is 4.39 Å². The molecule has 0 amide bonds. The molecule has 2 aromatic rings. The number of anilines is 1. The maximum absolute atomic E-state index is 13.1. The number of halogens is 1. The first-order valence-electron chi connectivity index (χ1n) is 6.14. The number of H-pyrrole nitrogens is 1. The lowest BCUT2D eigenvalue weighted by atomic mass is 10.3. The molecule has 92 valence electrons. The van der Waals surface area contributed by atoms with Gasteiger partial charge in [0.1, 0.15) is 5.82 Å². The summed E-state index contributed by atoms with van der Waals surface area (Å²) in [5, 5.41) is 0. The highest BCUT2D eigenvalue weighted by molar-refractivity contribution is 5.77. The third-order valence-corrected chi connectivity index (χ3v) is 2.72. The van der Waals surface area contributed by atoms with Gasteiger partial charge in [0, 0.05) is 13.1 Å². The van der Waals surface area contributed by atoms with E-state index in [1.54, 1.807) is 6.07 Å². The largest absolute Gasteiger partial charge is 0.342 e. The number of nitrogens with zero attached hydrogens (tertiary/aromatic N) is 2. The van der Waals surface area contributed by atoms with Gasteiger partial charge >= 0.3 is 0 Å². The van der Waals surface area contributed by atoms with E-state index in [0.29, 0.717) is 0 Å². The van der Waals surface area contributed by atoms with E-state index in [1.165, 1.54) is 12.1 Å². The van der Waals surface area contributed by atoms with E-state index >= 15 is 0 Å². The molecule has 3 nitrogen and oxygen atoms in total. The number of aromatic amines is 1. The Hall–Kier alpha value is -1.58. The fourth-order valence-electron chi connectivity index (χ4n) is 1.98. The number of aromatic nitrogens is 2. The molecule has 1 aromatic carbocycles. The van der Waals surface area contributed by atoms with Crippen molar-refractivity contribution in [1.82, 2.24) is 9.97 Å². The topological polar surface area (TPSA) is 31.9 Å². The van der Waals surface area contributed by atoms with Crippen LogP contribution in [0.15, 0.2) is 18.2 Å². The first-order valence-corrected chi connectivity index (χ1v) is 6.14. The fraction of sp³-hybridized carbons (Fsp3) is 0.462. The van der Waals surface area contributed by atoms with Gasteiger partial charge in [-0.3, -0.25) is 0 Å². The van der Waals surface area contributed by atoms with Gasteiger partial charge in [-0.25, -0.2) is 9.37 Å². The van der Waals surface area contributed by atoms with Crippen molar-refractivity contribution in [3.63, 3.8) is 0 Å². The molecule has 0 aliphatic carbocycles. The van der Waals surface area contributed by atoms with Gasteiger partial charge in [-0.15, -0.1) is 0 Å². The van der Waals surface area contributed by atoms with Gasteiger partial charge in [0.2, 0.25) is 5.95 Å². The van der Waals surface area contributed by atoms with Crippen LogP contribution in [0.3, 0.4) is 0 Å². The van der Waals surface area contributed by atoms with Crippen molar-refractivity contribution >= 4 is 17.0 Å². The molecular formula is C13H18FN3. The molecule has 1 N–H and O–H groups in total. The van der Waals surface area contributed by atoms with Gasteiger partial charge < -0.3 is 9.88 Å². The predicted molar refractivity (Wildman–Crippen MR) is 68.8 cm³/mol. The van der Waals surface area contributed by atoms with Crippen LogP contribution in [0.5, 0.6) is 0 Å². The monoisotopic (exact) mass is 235 g/mol. The third-order valence-electron chi connectivity index (χ3n) is 2.72. The molecule has 0 bridgehead atoms. The van der Waals surface area contributed by atoms with Crippen molar-refractivity contribution in [2.24, 2.45) is 0 Å². The first kappa shape index (κ1) is 11.9. The van der Waals surface area contributed by atoms with Crippen molar-refractivity contribution in [3.05, 3.63) is 24.0 Å². The maximum Gasteiger partial charge on any atom is 0.203 e. The Morgan fingerprint density at radius 3 is 2.59 bits per heavy atom. The molecule has 0 spiro atoms. The molecule has 0 aliphatic rings. The van der Waals surface area contributed by atoms with Crippen molar-refractivity contribution in [2.45, 2.75) is 26.7 Å². The molecule has 1 aromatic heterocycles. The van der Waals surface area contributed by atoms with Crippen LogP contribution in [-0.4, -0.2) is 23.1 Å². The van der Waals surface area contributed by atoms with Gasteiger partial charge in [-0.05, 0) is 31.0 Å². The Kier molecular flexibility index (Phi) is 3.61. The summed E-state index contributed by atoms with van der Waals surface area (Å²) in [6, 6.07) is 4.64.